The van der Waals surface area contributed by atoms with E-state index in [1.165, 1.54) is 11.1 Å². The average molecular weight is 347 g/mol. The number of rotatable bonds is 3. The maximum absolute atomic E-state index is 11.2. The molecule has 3 rings (SSSR count). The number of hydrogen-bond donors (Lipinski definition) is 1. The van der Waals surface area contributed by atoms with E-state index < -0.39 is 5.60 Å². The molecule has 0 saturated carbocycles. The smallest absolute Gasteiger partial charge is 0.125 e. The Labute approximate surface area is 133 Å². The van der Waals surface area contributed by atoms with Crippen LogP contribution < -0.4 is 4.74 Å². The Kier molecular flexibility index (Phi) is 4.05. The summed E-state index contributed by atoms with van der Waals surface area (Å²) in [6.07, 6.45) is 2.24. The van der Waals surface area contributed by atoms with Crippen LogP contribution in [0, 0.1) is 0 Å². The molecule has 0 saturated heterocycles. The van der Waals surface area contributed by atoms with Crippen molar-refractivity contribution in [3.63, 3.8) is 0 Å². The molecule has 0 radical (unpaired) electrons. The summed E-state index contributed by atoms with van der Waals surface area (Å²) in [7, 11) is 0. The van der Waals surface area contributed by atoms with Crippen molar-refractivity contribution in [2.45, 2.75) is 31.8 Å². The van der Waals surface area contributed by atoms with Gasteiger partial charge in [-0.1, -0.05) is 40.2 Å². The van der Waals surface area contributed by atoms with Gasteiger partial charge >= 0.3 is 0 Å². The fourth-order valence-electron chi connectivity index (χ4n) is 3.11. The quantitative estimate of drug-likeness (QED) is 0.901. The molecule has 0 fully saturated rings. The third-order valence-corrected chi connectivity index (χ3v) is 4.64. The molecule has 0 bridgehead atoms. The molecule has 0 aromatic heterocycles. The molecule has 0 heterocycles. The molecule has 2 aromatic carbocycles. The number of hydrogen-bond acceptors (Lipinski definition) is 2. The second-order valence-electron chi connectivity index (χ2n) is 5.55. The highest BCUT2D eigenvalue weighted by atomic mass is 79.9. The second kappa shape index (κ2) is 5.82. The topological polar surface area (TPSA) is 29.5 Å². The SMILES string of the molecule is CCOc1ccccc1C1(O)CCc2cc(Br)ccc2C1. The zero-order valence-corrected chi connectivity index (χ0v) is 13.7. The summed E-state index contributed by atoms with van der Waals surface area (Å²) in [5.41, 5.74) is 2.61. The van der Waals surface area contributed by atoms with Gasteiger partial charge in [0.1, 0.15) is 5.75 Å². The van der Waals surface area contributed by atoms with E-state index in [9.17, 15) is 5.11 Å². The summed E-state index contributed by atoms with van der Waals surface area (Å²) in [5.74, 6) is 0.795. The van der Waals surface area contributed by atoms with Crippen LogP contribution >= 0.6 is 15.9 Å². The molecule has 21 heavy (non-hydrogen) atoms. The van der Waals surface area contributed by atoms with E-state index in [4.69, 9.17) is 4.74 Å². The first-order chi connectivity index (χ1) is 10.1. The van der Waals surface area contributed by atoms with Gasteiger partial charge in [-0.25, -0.2) is 0 Å². The van der Waals surface area contributed by atoms with Gasteiger partial charge < -0.3 is 9.84 Å². The van der Waals surface area contributed by atoms with Crippen molar-refractivity contribution < 1.29 is 9.84 Å². The van der Waals surface area contributed by atoms with Crippen LogP contribution in [0.5, 0.6) is 5.75 Å². The molecule has 0 amide bonds. The first kappa shape index (κ1) is 14.6. The van der Waals surface area contributed by atoms with Crippen LogP contribution in [0.3, 0.4) is 0 Å². The molecule has 0 aliphatic heterocycles. The minimum atomic E-state index is -0.841. The van der Waals surface area contributed by atoms with E-state index in [-0.39, 0.29) is 0 Å². The predicted molar refractivity (Wildman–Crippen MR) is 87.7 cm³/mol. The van der Waals surface area contributed by atoms with Gasteiger partial charge in [-0.15, -0.1) is 0 Å². The number of halogens is 1. The van der Waals surface area contributed by atoms with Crippen molar-refractivity contribution in [3.8, 4) is 5.75 Å². The molecule has 1 N–H and O–H groups in total. The van der Waals surface area contributed by atoms with E-state index in [2.05, 4.69) is 28.1 Å². The Morgan fingerprint density at radius 3 is 2.81 bits per heavy atom. The summed E-state index contributed by atoms with van der Waals surface area (Å²) in [6.45, 7) is 2.57. The fraction of sp³-hybridized carbons (Fsp3) is 0.333. The number of aryl methyl sites for hydroxylation is 1. The summed E-state index contributed by atoms with van der Waals surface area (Å²) in [6, 6.07) is 14.1. The second-order valence-corrected chi connectivity index (χ2v) is 6.47. The van der Waals surface area contributed by atoms with Gasteiger partial charge in [-0.05, 0) is 49.1 Å². The fourth-order valence-corrected chi connectivity index (χ4v) is 3.52. The van der Waals surface area contributed by atoms with Gasteiger partial charge in [0, 0.05) is 16.5 Å². The molecule has 1 unspecified atom stereocenters. The van der Waals surface area contributed by atoms with Crippen LogP contribution in [0.1, 0.15) is 30.0 Å². The van der Waals surface area contributed by atoms with Gasteiger partial charge in [0.25, 0.3) is 0 Å². The summed E-state index contributed by atoms with van der Waals surface area (Å²) in [5, 5.41) is 11.2. The highest BCUT2D eigenvalue weighted by Gasteiger charge is 2.36. The third-order valence-electron chi connectivity index (χ3n) is 4.15. The monoisotopic (exact) mass is 346 g/mol. The Hall–Kier alpha value is -1.32. The van der Waals surface area contributed by atoms with Gasteiger partial charge in [0.2, 0.25) is 0 Å². The van der Waals surface area contributed by atoms with Crippen LogP contribution in [0.4, 0.5) is 0 Å². The average Bonchev–Trinajstić information content (AvgIpc) is 2.48. The highest BCUT2D eigenvalue weighted by molar-refractivity contribution is 9.10. The Bertz CT molecular complexity index is 653. The van der Waals surface area contributed by atoms with E-state index in [0.717, 1.165) is 28.6 Å². The summed E-state index contributed by atoms with van der Waals surface area (Å²) in [4.78, 5) is 0. The molecular weight excluding hydrogens is 328 g/mol. The number of fused-ring (bicyclic) bond motifs is 1. The first-order valence-corrected chi connectivity index (χ1v) is 8.14. The van der Waals surface area contributed by atoms with Crippen LogP contribution in [-0.4, -0.2) is 11.7 Å². The lowest BCUT2D eigenvalue weighted by atomic mass is 9.76. The lowest BCUT2D eigenvalue weighted by molar-refractivity contribution is 0.0196. The molecule has 3 heteroatoms. The van der Waals surface area contributed by atoms with E-state index in [0.29, 0.717) is 13.0 Å². The minimum Gasteiger partial charge on any atom is -0.493 e. The van der Waals surface area contributed by atoms with E-state index >= 15 is 0 Å². The van der Waals surface area contributed by atoms with Crippen molar-refractivity contribution >= 4 is 15.9 Å². The third kappa shape index (κ3) is 2.85. The molecule has 110 valence electrons. The molecule has 2 nitrogen and oxygen atoms in total. The Morgan fingerprint density at radius 2 is 2.00 bits per heavy atom. The predicted octanol–water partition coefficient (Wildman–Crippen LogP) is 4.22. The van der Waals surface area contributed by atoms with Gasteiger partial charge in [0.15, 0.2) is 0 Å². The Balaban J connectivity index is 1.98. The maximum Gasteiger partial charge on any atom is 0.125 e. The maximum atomic E-state index is 11.2. The number of para-hydroxylation sites is 1. The van der Waals surface area contributed by atoms with Crippen LogP contribution in [0.15, 0.2) is 46.9 Å². The highest BCUT2D eigenvalue weighted by Crippen LogP contribution is 2.40. The van der Waals surface area contributed by atoms with Crippen molar-refractivity contribution in [3.05, 3.63) is 63.6 Å². The Morgan fingerprint density at radius 1 is 1.19 bits per heavy atom. The normalized spacial score (nSPS) is 20.9. The molecular formula is C18H19BrO2. The standard InChI is InChI=1S/C18H19BrO2/c1-2-21-17-6-4-3-5-16(17)18(20)10-9-13-11-15(19)8-7-14(13)12-18/h3-8,11,20H,2,9-10,12H2,1H3. The zero-order valence-electron chi connectivity index (χ0n) is 12.1. The largest absolute Gasteiger partial charge is 0.493 e. The van der Waals surface area contributed by atoms with Crippen LogP contribution in [-0.2, 0) is 18.4 Å². The van der Waals surface area contributed by atoms with E-state index in [1.807, 2.05) is 37.3 Å². The van der Waals surface area contributed by atoms with E-state index in [1.54, 1.807) is 0 Å². The molecule has 1 aliphatic carbocycles. The molecule has 0 spiro atoms. The lowest BCUT2D eigenvalue weighted by Gasteiger charge is -2.35. The minimum absolute atomic E-state index is 0.608. The summed E-state index contributed by atoms with van der Waals surface area (Å²) < 4.78 is 6.79. The molecule has 2 aromatic rings. The summed E-state index contributed by atoms with van der Waals surface area (Å²) >= 11 is 3.51. The molecule has 1 aliphatic rings. The number of ether oxygens (including phenoxy) is 1. The van der Waals surface area contributed by atoms with Crippen LogP contribution in [0.2, 0.25) is 0 Å². The van der Waals surface area contributed by atoms with Crippen molar-refractivity contribution in [2.75, 3.05) is 6.61 Å². The number of aliphatic hydroxyl groups is 1. The van der Waals surface area contributed by atoms with Crippen molar-refractivity contribution in [1.82, 2.24) is 0 Å². The van der Waals surface area contributed by atoms with Crippen molar-refractivity contribution in [1.29, 1.82) is 0 Å². The molecule has 1 atom stereocenters. The lowest BCUT2D eigenvalue weighted by Crippen LogP contribution is -2.33. The van der Waals surface area contributed by atoms with Crippen LogP contribution in [0.25, 0.3) is 0 Å². The van der Waals surface area contributed by atoms with Gasteiger partial charge in [-0.3, -0.25) is 0 Å². The number of benzene rings is 2. The van der Waals surface area contributed by atoms with Gasteiger partial charge in [0.05, 0.1) is 12.2 Å². The first-order valence-electron chi connectivity index (χ1n) is 7.34. The zero-order chi connectivity index (χ0) is 14.9. The van der Waals surface area contributed by atoms with Gasteiger partial charge in [-0.2, -0.15) is 0 Å². The van der Waals surface area contributed by atoms with Crippen molar-refractivity contribution in [2.24, 2.45) is 0 Å².